The van der Waals surface area contributed by atoms with E-state index in [1.807, 2.05) is 50.2 Å². The maximum atomic E-state index is 13.0. The van der Waals surface area contributed by atoms with Gasteiger partial charge in [0, 0.05) is 30.8 Å². The lowest BCUT2D eigenvalue weighted by atomic mass is 10.1. The largest absolute Gasteiger partial charge is 0.454 e. The first kappa shape index (κ1) is 19.2. The number of fused-ring (bicyclic) bond motifs is 1. The quantitative estimate of drug-likeness (QED) is 0.703. The molecule has 1 atom stereocenters. The van der Waals surface area contributed by atoms with Gasteiger partial charge in [-0.1, -0.05) is 17.7 Å². The van der Waals surface area contributed by atoms with Crippen LogP contribution in [0.3, 0.4) is 0 Å². The Bertz CT molecular complexity index is 1170. The van der Waals surface area contributed by atoms with E-state index in [1.165, 1.54) is 0 Å². The maximum Gasteiger partial charge on any atom is 0.231 e. The summed E-state index contributed by atoms with van der Waals surface area (Å²) in [6, 6.07) is 15.1. The van der Waals surface area contributed by atoms with Crippen LogP contribution in [-0.4, -0.2) is 34.9 Å². The van der Waals surface area contributed by atoms with Gasteiger partial charge in [-0.15, -0.1) is 0 Å². The number of aryl methyl sites for hydroxylation is 2. The molecule has 0 saturated carbocycles. The second-order valence-corrected chi connectivity index (χ2v) is 7.85. The van der Waals surface area contributed by atoms with Crippen molar-refractivity contribution in [2.45, 2.75) is 20.3 Å². The van der Waals surface area contributed by atoms with E-state index in [9.17, 15) is 9.59 Å². The number of rotatable bonds is 4. The molecule has 0 radical (unpaired) electrons. The van der Waals surface area contributed by atoms with E-state index in [0.29, 0.717) is 29.5 Å². The third-order valence-electron chi connectivity index (χ3n) is 5.52. The normalized spacial score (nSPS) is 17.3. The zero-order valence-electron chi connectivity index (χ0n) is 17.3. The van der Waals surface area contributed by atoms with Crippen molar-refractivity contribution in [1.29, 1.82) is 0 Å². The van der Waals surface area contributed by atoms with Crippen molar-refractivity contribution in [1.82, 2.24) is 9.78 Å². The summed E-state index contributed by atoms with van der Waals surface area (Å²) in [5.74, 6) is 1.09. The van der Waals surface area contributed by atoms with Crippen LogP contribution in [0.1, 0.15) is 17.7 Å². The zero-order chi connectivity index (χ0) is 21.5. The number of benzene rings is 2. The molecule has 1 fully saturated rings. The molecule has 2 aliphatic heterocycles. The third kappa shape index (κ3) is 3.61. The molecule has 0 aliphatic carbocycles. The summed E-state index contributed by atoms with van der Waals surface area (Å²) in [5.41, 5.74) is 3.50. The number of aromatic nitrogens is 2. The van der Waals surface area contributed by atoms with Gasteiger partial charge >= 0.3 is 0 Å². The van der Waals surface area contributed by atoms with Gasteiger partial charge in [0.15, 0.2) is 11.5 Å². The molecule has 0 bridgehead atoms. The van der Waals surface area contributed by atoms with Crippen LogP contribution in [0.15, 0.2) is 48.5 Å². The van der Waals surface area contributed by atoms with Gasteiger partial charge in [-0.3, -0.25) is 9.59 Å². The summed E-state index contributed by atoms with van der Waals surface area (Å²) in [6.07, 6.45) is 0.151. The molecule has 1 aromatic heterocycles. The van der Waals surface area contributed by atoms with E-state index in [2.05, 4.69) is 10.4 Å². The van der Waals surface area contributed by atoms with Crippen molar-refractivity contribution in [2.75, 3.05) is 23.6 Å². The molecule has 1 unspecified atom stereocenters. The van der Waals surface area contributed by atoms with Gasteiger partial charge in [0.25, 0.3) is 0 Å². The number of ether oxygens (including phenoxy) is 2. The monoisotopic (exact) mass is 418 g/mol. The fourth-order valence-corrected chi connectivity index (χ4v) is 3.89. The van der Waals surface area contributed by atoms with Crippen molar-refractivity contribution in [3.05, 3.63) is 59.8 Å². The number of carbonyl (C=O) groups excluding carboxylic acids is 2. The van der Waals surface area contributed by atoms with Crippen LogP contribution in [0.2, 0.25) is 0 Å². The predicted molar refractivity (Wildman–Crippen MR) is 115 cm³/mol. The Balaban J connectivity index is 1.33. The SMILES string of the molecule is Cc1ccc(-n2nc(C)cc2NC(=O)C2CC(=O)N(c3ccc4c(c3)OCO4)C2)cc1. The van der Waals surface area contributed by atoms with E-state index in [1.54, 1.807) is 21.7 Å². The van der Waals surface area contributed by atoms with Crippen LogP contribution >= 0.6 is 0 Å². The molecule has 5 rings (SSSR count). The Hall–Kier alpha value is -3.81. The molecule has 2 aliphatic rings. The van der Waals surface area contributed by atoms with Crippen LogP contribution in [0.25, 0.3) is 5.69 Å². The van der Waals surface area contributed by atoms with Crippen LogP contribution in [-0.2, 0) is 9.59 Å². The van der Waals surface area contributed by atoms with E-state index < -0.39 is 5.92 Å². The molecule has 31 heavy (non-hydrogen) atoms. The summed E-state index contributed by atoms with van der Waals surface area (Å²) in [5, 5.41) is 7.46. The Morgan fingerprint density at radius 1 is 1.03 bits per heavy atom. The lowest BCUT2D eigenvalue weighted by Gasteiger charge is -2.17. The Morgan fingerprint density at radius 3 is 2.58 bits per heavy atom. The highest BCUT2D eigenvalue weighted by Gasteiger charge is 2.36. The van der Waals surface area contributed by atoms with Crippen LogP contribution in [0, 0.1) is 19.8 Å². The lowest BCUT2D eigenvalue weighted by molar-refractivity contribution is -0.122. The maximum absolute atomic E-state index is 13.0. The summed E-state index contributed by atoms with van der Waals surface area (Å²) in [6.45, 7) is 4.37. The lowest BCUT2D eigenvalue weighted by Crippen LogP contribution is -2.28. The first-order valence-corrected chi connectivity index (χ1v) is 10.1. The van der Waals surface area contributed by atoms with Gasteiger partial charge in [0.05, 0.1) is 17.3 Å². The highest BCUT2D eigenvalue weighted by Crippen LogP contribution is 2.37. The molecular formula is C23H22N4O4. The molecular weight excluding hydrogens is 396 g/mol. The van der Waals surface area contributed by atoms with Crippen molar-refractivity contribution in [3.63, 3.8) is 0 Å². The second kappa shape index (κ2) is 7.46. The highest BCUT2D eigenvalue weighted by molar-refractivity contribution is 6.03. The average Bonchev–Trinajstić information content (AvgIpc) is 3.46. The van der Waals surface area contributed by atoms with Crippen molar-refractivity contribution >= 4 is 23.3 Å². The van der Waals surface area contributed by atoms with Crippen LogP contribution in [0.4, 0.5) is 11.5 Å². The molecule has 0 spiro atoms. The van der Waals surface area contributed by atoms with Gasteiger partial charge in [-0.05, 0) is 38.1 Å². The minimum Gasteiger partial charge on any atom is -0.454 e. The minimum atomic E-state index is -0.459. The fourth-order valence-electron chi connectivity index (χ4n) is 3.89. The second-order valence-electron chi connectivity index (χ2n) is 7.85. The van der Waals surface area contributed by atoms with Gasteiger partial charge in [-0.2, -0.15) is 5.10 Å². The number of anilines is 2. The summed E-state index contributed by atoms with van der Waals surface area (Å²) in [7, 11) is 0. The molecule has 3 heterocycles. The number of carbonyl (C=O) groups is 2. The molecule has 1 N–H and O–H groups in total. The first-order chi connectivity index (χ1) is 15.0. The van der Waals surface area contributed by atoms with Crippen molar-refractivity contribution in [3.8, 4) is 17.2 Å². The number of amides is 2. The zero-order valence-corrected chi connectivity index (χ0v) is 17.3. The Kier molecular flexibility index (Phi) is 4.62. The Labute approximate surface area is 179 Å². The molecule has 8 heteroatoms. The number of hydrogen-bond donors (Lipinski definition) is 1. The Morgan fingerprint density at radius 2 is 1.77 bits per heavy atom. The van der Waals surface area contributed by atoms with Crippen LogP contribution in [0.5, 0.6) is 11.5 Å². The molecule has 158 valence electrons. The summed E-state index contributed by atoms with van der Waals surface area (Å²) in [4.78, 5) is 27.2. The minimum absolute atomic E-state index is 0.0951. The van der Waals surface area contributed by atoms with E-state index >= 15 is 0 Å². The molecule has 1 saturated heterocycles. The summed E-state index contributed by atoms with van der Waals surface area (Å²) < 4.78 is 12.4. The fraction of sp³-hybridized carbons (Fsp3) is 0.261. The van der Waals surface area contributed by atoms with Gasteiger partial charge in [-0.25, -0.2) is 4.68 Å². The molecule has 8 nitrogen and oxygen atoms in total. The highest BCUT2D eigenvalue weighted by atomic mass is 16.7. The van der Waals surface area contributed by atoms with Crippen molar-refractivity contribution < 1.29 is 19.1 Å². The van der Waals surface area contributed by atoms with E-state index in [-0.39, 0.29) is 25.0 Å². The van der Waals surface area contributed by atoms with Gasteiger partial charge < -0.3 is 19.7 Å². The van der Waals surface area contributed by atoms with Crippen molar-refractivity contribution in [2.24, 2.45) is 5.92 Å². The smallest absolute Gasteiger partial charge is 0.231 e. The van der Waals surface area contributed by atoms with E-state index in [4.69, 9.17) is 9.47 Å². The van der Waals surface area contributed by atoms with Gasteiger partial charge in [0.1, 0.15) is 5.82 Å². The number of nitrogens with one attached hydrogen (secondary N) is 1. The number of nitrogens with zero attached hydrogens (tertiary/aromatic N) is 3. The standard InChI is InChI=1S/C23H22N4O4/c1-14-3-5-17(6-4-14)27-21(9-15(2)25-27)24-23(29)16-10-22(28)26(12-16)18-7-8-19-20(11-18)31-13-30-19/h3-9,11,16H,10,12-13H2,1-2H3,(H,24,29). The average molecular weight is 418 g/mol. The third-order valence-corrected chi connectivity index (χ3v) is 5.52. The van der Waals surface area contributed by atoms with E-state index in [0.717, 1.165) is 16.9 Å². The van der Waals surface area contributed by atoms with Crippen LogP contribution < -0.4 is 19.7 Å². The first-order valence-electron chi connectivity index (χ1n) is 10.1. The van der Waals surface area contributed by atoms with Gasteiger partial charge in [0.2, 0.25) is 18.6 Å². The predicted octanol–water partition coefficient (Wildman–Crippen LogP) is 3.21. The topological polar surface area (TPSA) is 85.7 Å². The summed E-state index contributed by atoms with van der Waals surface area (Å²) >= 11 is 0. The molecule has 2 amide bonds. The number of hydrogen-bond acceptors (Lipinski definition) is 5. The molecule has 3 aromatic rings. The molecule has 2 aromatic carbocycles.